The molecule has 2 aliphatic carbocycles. The minimum Gasteiger partial charge on any atom is -0.369 e. The summed E-state index contributed by atoms with van der Waals surface area (Å²) < 4.78 is 0. The predicted octanol–water partition coefficient (Wildman–Crippen LogP) is 1.71. The number of hydrogen-bond donors (Lipinski definition) is 3. The molecule has 4 N–H and O–H groups in total. The topological polar surface area (TPSA) is 84.2 Å². The fourth-order valence-electron chi connectivity index (χ4n) is 3.83. The van der Waals surface area contributed by atoms with Crippen LogP contribution in [0.5, 0.6) is 0 Å². The number of hydrogen-bond acceptors (Lipinski definition) is 3. The van der Waals surface area contributed by atoms with Crippen molar-refractivity contribution < 1.29 is 9.59 Å². The third-order valence-corrected chi connectivity index (χ3v) is 5.15. The molecule has 3 unspecified atom stereocenters. The SMILES string of the molecule is CCCCNC1CC(NC(=O)C2CCCC2)CC(C(N)=O)C1. The van der Waals surface area contributed by atoms with Crippen molar-refractivity contribution in [2.75, 3.05) is 6.54 Å². The second-order valence-corrected chi connectivity index (χ2v) is 7.00. The van der Waals surface area contributed by atoms with Crippen LogP contribution in [0, 0.1) is 11.8 Å². The van der Waals surface area contributed by atoms with Crippen LogP contribution >= 0.6 is 0 Å². The summed E-state index contributed by atoms with van der Waals surface area (Å²) in [5.41, 5.74) is 5.52. The van der Waals surface area contributed by atoms with Gasteiger partial charge in [0, 0.05) is 23.9 Å². The summed E-state index contributed by atoms with van der Waals surface area (Å²) >= 11 is 0. The molecule has 0 aromatic heterocycles. The molecule has 0 aromatic rings. The number of nitrogens with two attached hydrogens (primary N) is 1. The van der Waals surface area contributed by atoms with Gasteiger partial charge in [0.1, 0.15) is 0 Å². The van der Waals surface area contributed by atoms with E-state index < -0.39 is 0 Å². The van der Waals surface area contributed by atoms with Gasteiger partial charge in [-0.05, 0) is 45.1 Å². The third kappa shape index (κ3) is 4.97. The Morgan fingerprint density at radius 2 is 1.73 bits per heavy atom. The molecular formula is C17H31N3O2. The van der Waals surface area contributed by atoms with Crippen LogP contribution in [0.1, 0.15) is 64.7 Å². The van der Waals surface area contributed by atoms with Crippen molar-refractivity contribution in [2.45, 2.75) is 76.8 Å². The predicted molar refractivity (Wildman–Crippen MR) is 87.1 cm³/mol. The first-order valence-electron chi connectivity index (χ1n) is 8.93. The summed E-state index contributed by atoms with van der Waals surface area (Å²) in [7, 11) is 0. The summed E-state index contributed by atoms with van der Waals surface area (Å²) in [6.07, 6.45) is 9.03. The van der Waals surface area contributed by atoms with E-state index in [0.29, 0.717) is 6.42 Å². The molecule has 2 saturated carbocycles. The van der Waals surface area contributed by atoms with Crippen molar-refractivity contribution >= 4 is 11.8 Å². The van der Waals surface area contributed by atoms with E-state index in [2.05, 4.69) is 17.6 Å². The highest BCUT2D eigenvalue weighted by Gasteiger charge is 2.33. The van der Waals surface area contributed by atoms with Gasteiger partial charge in [-0.15, -0.1) is 0 Å². The summed E-state index contributed by atoms with van der Waals surface area (Å²) in [6.45, 7) is 3.13. The average Bonchev–Trinajstić information content (AvgIpc) is 3.01. The Hall–Kier alpha value is -1.10. The van der Waals surface area contributed by atoms with Crippen LogP contribution < -0.4 is 16.4 Å². The number of amides is 2. The number of carbonyl (C=O) groups excluding carboxylic acids is 2. The lowest BCUT2D eigenvalue weighted by Gasteiger charge is -2.35. The van der Waals surface area contributed by atoms with Crippen LogP contribution in [-0.2, 0) is 9.59 Å². The quantitative estimate of drug-likeness (QED) is 0.626. The van der Waals surface area contributed by atoms with Crippen molar-refractivity contribution in [3.63, 3.8) is 0 Å². The highest BCUT2D eigenvalue weighted by molar-refractivity contribution is 5.80. The molecule has 0 bridgehead atoms. The molecule has 0 saturated heterocycles. The van der Waals surface area contributed by atoms with Crippen LogP contribution in [0.4, 0.5) is 0 Å². The van der Waals surface area contributed by atoms with E-state index in [-0.39, 0.29) is 35.7 Å². The van der Waals surface area contributed by atoms with Crippen molar-refractivity contribution in [3.8, 4) is 0 Å². The smallest absolute Gasteiger partial charge is 0.223 e. The van der Waals surface area contributed by atoms with Crippen molar-refractivity contribution in [1.82, 2.24) is 10.6 Å². The summed E-state index contributed by atoms with van der Waals surface area (Å²) in [4.78, 5) is 23.9. The lowest BCUT2D eigenvalue weighted by molar-refractivity contribution is -0.128. The summed E-state index contributed by atoms with van der Waals surface area (Å²) in [6, 6.07) is 0.366. The van der Waals surface area contributed by atoms with Gasteiger partial charge in [0.05, 0.1) is 0 Å². The molecule has 5 heteroatoms. The van der Waals surface area contributed by atoms with Gasteiger partial charge in [0.2, 0.25) is 11.8 Å². The molecule has 5 nitrogen and oxygen atoms in total. The van der Waals surface area contributed by atoms with Crippen molar-refractivity contribution in [1.29, 1.82) is 0 Å². The van der Waals surface area contributed by atoms with Gasteiger partial charge in [-0.3, -0.25) is 9.59 Å². The maximum Gasteiger partial charge on any atom is 0.223 e. The normalized spacial score (nSPS) is 29.4. The molecule has 2 aliphatic rings. The molecule has 2 fully saturated rings. The molecule has 0 aliphatic heterocycles. The Balaban J connectivity index is 1.87. The Morgan fingerprint density at radius 3 is 2.36 bits per heavy atom. The van der Waals surface area contributed by atoms with Crippen LogP contribution in [0.2, 0.25) is 0 Å². The van der Waals surface area contributed by atoms with E-state index in [0.717, 1.165) is 57.9 Å². The van der Waals surface area contributed by atoms with Crippen LogP contribution in [0.15, 0.2) is 0 Å². The first-order valence-corrected chi connectivity index (χ1v) is 8.93. The van der Waals surface area contributed by atoms with Crippen LogP contribution in [0.25, 0.3) is 0 Å². The zero-order valence-corrected chi connectivity index (χ0v) is 13.8. The van der Waals surface area contributed by atoms with Gasteiger partial charge in [0.15, 0.2) is 0 Å². The average molecular weight is 309 g/mol. The van der Waals surface area contributed by atoms with Crippen molar-refractivity contribution in [3.05, 3.63) is 0 Å². The van der Waals surface area contributed by atoms with Gasteiger partial charge in [0.25, 0.3) is 0 Å². The number of rotatable bonds is 7. The number of carbonyl (C=O) groups is 2. The fraction of sp³-hybridized carbons (Fsp3) is 0.882. The lowest BCUT2D eigenvalue weighted by atomic mass is 9.81. The van der Waals surface area contributed by atoms with Gasteiger partial charge in [-0.1, -0.05) is 26.2 Å². The van der Waals surface area contributed by atoms with E-state index in [1.807, 2.05) is 0 Å². The second-order valence-electron chi connectivity index (χ2n) is 7.00. The molecule has 22 heavy (non-hydrogen) atoms. The van der Waals surface area contributed by atoms with Crippen LogP contribution in [-0.4, -0.2) is 30.4 Å². The molecule has 0 spiro atoms. The molecular weight excluding hydrogens is 278 g/mol. The molecule has 2 amide bonds. The summed E-state index contributed by atoms with van der Waals surface area (Å²) in [5.74, 6) is 0.00393. The largest absolute Gasteiger partial charge is 0.369 e. The highest BCUT2D eigenvalue weighted by atomic mass is 16.2. The Kier molecular flexibility index (Phi) is 6.68. The number of nitrogens with one attached hydrogen (secondary N) is 2. The van der Waals surface area contributed by atoms with E-state index in [9.17, 15) is 9.59 Å². The number of unbranched alkanes of at least 4 members (excludes halogenated alkanes) is 1. The molecule has 2 rings (SSSR count). The minimum atomic E-state index is -0.234. The van der Waals surface area contributed by atoms with Gasteiger partial charge in [-0.25, -0.2) is 0 Å². The minimum absolute atomic E-state index is 0.0819. The molecule has 0 aromatic carbocycles. The highest BCUT2D eigenvalue weighted by Crippen LogP contribution is 2.28. The zero-order valence-electron chi connectivity index (χ0n) is 13.8. The monoisotopic (exact) mass is 309 g/mol. The maximum atomic E-state index is 12.3. The third-order valence-electron chi connectivity index (χ3n) is 5.15. The van der Waals surface area contributed by atoms with Gasteiger partial charge < -0.3 is 16.4 Å². The Labute approximate surface area is 133 Å². The van der Waals surface area contributed by atoms with E-state index in [1.54, 1.807) is 0 Å². The van der Waals surface area contributed by atoms with E-state index >= 15 is 0 Å². The summed E-state index contributed by atoms with van der Waals surface area (Å²) in [5, 5.41) is 6.70. The number of primary amides is 1. The van der Waals surface area contributed by atoms with Crippen molar-refractivity contribution in [2.24, 2.45) is 17.6 Å². The standard InChI is InChI=1S/C17H31N3O2/c1-2-3-8-19-14-9-13(16(18)21)10-15(11-14)20-17(22)12-6-4-5-7-12/h12-15,19H,2-11H2,1H3,(H2,18,21)(H,20,22). The first-order chi connectivity index (χ1) is 10.6. The van der Waals surface area contributed by atoms with E-state index in [1.165, 1.54) is 0 Å². The first kappa shape index (κ1) is 17.3. The zero-order chi connectivity index (χ0) is 15.9. The fourth-order valence-corrected chi connectivity index (χ4v) is 3.83. The Morgan fingerprint density at radius 1 is 1.05 bits per heavy atom. The molecule has 126 valence electrons. The molecule has 3 atom stereocenters. The maximum absolute atomic E-state index is 12.3. The Bertz CT molecular complexity index is 380. The van der Waals surface area contributed by atoms with Crippen LogP contribution in [0.3, 0.4) is 0 Å². The lowest BCUT2D eigenvalue weighted by Crippen LogP contribution is -2.50. The molecule has 0 radical (unpaired) electrons. The van der Waals surface area contributed by atoms with E-state index in [4.69, 9.17) is 5.73 Å². The molecule has 0 heterocycles. The van der Waals surface area contributed by atoms with Gasteiger partial charge in [-0.2, -0.15) is 0 Å². The second kappa shape index (κ2) is 8.51. The van der Waals surface area contributed by atoms with Gasteiger partial charge >= 0.3 is 0 Å².